The lowest BCUT2D eigenvalue weighted by Crippen LogP contribution is -2.32. The minimum Gasteiger partial charge on any atom is -0.494 e. The molecular weight excluding hydrogens is 250 g/mol. The van der Waals surface area contributed by atoms with E-state index in [9.17, 15) is 4.79 Å². The van der Waals surface area contributed by atoms with Crippen LogP contribution in [-0.4, -0.2) is 18.6 Å². The van der Waals surface area contributed by atoms with Crippen LogP contribution in [0.2, 0.25) is 0 Å². The summed E-state index contributed by atoms with van der Waals surface area (Å²) in [6, 6.07) is 7.50. The predicted octanol–water partition coefficient (Wildman–Crippen LogP) is 4.03. The van der Waals surface area contributed by atoms with Crippen molar-refractivity contribution in [3.8, 4) is 5.75 Å². The Kier molecular flexibility index (Phi) is 7.13. The molecule has 1 aromatic rings. The van der Waals surface area contributed by atoms with Gasteiger partial charge in [0, 0.05) is 11.6 Å². The number of ether oxygens (including phenoxy) is 1. The van der Waals surface area contributed by atoms with Crippen LogP contribution in [0.15, 0.2) is 24.3 Å². The van der Waals surface area contributed by atoms with Gasteiger partial charge in [0.25, 0.3) is 5.91 Å². The number of hydrogen-bond donors (Lipinski definition) is 1. The number of hydrogen-bond acceptors (Lipinski definition) is 2. The second-order valence-electron chi connectivity index (χ2n) is 5.66. The first kappa shape index (κ1) is 16.5. The molecule has 1 N–H and O–H groups in total. The summed E-state index contributed by atoms with van der Waals surface area (Å²) in [5.74, 6) is 1.52. The van der Waals surface area contributed by atoms with Crippen molar-refractivity contribution >= 4 is 5.91 Å². The van der Waals surface area contributed by atoms with Gasteiger partial charge in [0.15, 0.2) is 0 Å². The van der Waals surface area contributed by atoms with Crippen LogP contribution < -0.4 is 10.1 Å². The standard InChI is InChI=1S/C17H27NO2/c1-5-20-16-11-9-15(10-12-16)17(19)18-14(4)8-6-7-13(2)3/h9-14H,5-8H2,1-4H3,(H,18,19)/t14-/m0/s1. The highest BCUT2D eigenvalue weighted by Gasteiger charge is 2.10. The third-order valence-electron chi connectivity index (χ3n) is 3.22. The number of benzene rings is 1. The van der Waals surface area contributed by atoms with E-state index in [-0.39, 0.29) is 11.9 Å². The first-order valence-corrected chi connectivity index (χ1v) is 7.56. The lowest BCUT2D eigenvalue weighted by atomic mass is 10.0. The van der Waals surface area contributed by atoms with Gasteiger partial charge in [-0.1, -0.05) is 26.7 Å². The molecule has 3 heteroatoms. The zero-order chi connectivity index (χ0) is 15.0. The van der Waals surface area contributed by atoms with Crippen molar-refractivity contribution in [3.63, 3.8) is 0 Å². The van der Waals surface area contributed by atoms with E-state index in [1.165, 1.54) is 6.42 Å². The van der Waals surface area contributed by atoms with Gasteiger partial charge in [-0.05, 0) is 50.5 Å². The molecule has 0 saturated carbocycles. The molecule has 1 rings (SSSR count). The molecule has 1 aromatic carbocycles. The molecule has 3 nitrogen and oxygen atoms in total. The maximum Gasteiger partial charge on any atom is 0.251 e. The quantitative estimate of drug-likeness (QED) is 0.779. The number of nitrogens with one attached hydrogen (secondary N) is 1. The zero-order valence-electron chi connectivity index (χ0n) is 13.1. The Morgan fingerprint density at radius 1 is 1.15 bits per heavy atom. The Morgan fingerprint density at radius 2 is 1.80 bits per heavy atom. The summed E-state index contributed by atoms with van der Waals surface area (Å²) >= 11 is 0. The third kappa shape index (κ3) is 6.09. The molecule has 0 aliphatic rings. The van der Waals surface area contributed by atoms with Crippen LogP contribution in [0.4, 0.5) is 0 Å². The molecule has 0 heterocycles. The summed E-state index contributed by atoms with van der Waals surface area (Å²) < 4.78 is 5.37. The molecule has 0 unspecified atom stereocenters. The van der Waals surface area contributed by atoms with Gasteiger partial charge in [0.05, 0.1) is 6.61 Å². The van der Waals surface area contributed by atoms with Crippen molar-refractivity contribution in [1.29, 1.82) is 0 Å². The monoisotopic (exact) mass is 277 g/mol. The summed E-state index contributed by atoms with van der Waals surface area (Å²) in [5.41, 5.74) is 0.684. The fourth-order valence-electron chi connectivity index (χ4n) is 2.08. The second kappa shape index (κ2) is 8.62. The summed E-state index contributed by atoms with van der Waals surface area (Å²) in [4.78, 5) is 12.1. The highest BCUT2D eigenvalue weighted by Crippen LogP contribution is 2.13. The Morgan fingerprint density at radius 3 is 2.35 bits per heavy atom. The topological polar surface area (TPSA) is 38.3 Å². The van der Waals surface area contributed by atoms with Crippen molar-refractivity contribution in [1.82, 2.24) is 5.32 Å². The van der Waals surface area contributed by atoms with Gasteiger partial charge in [-0.25, -0.2) is 0 Å². The minimum atomic E-state index is -0.00917. The Bertz CT molecular complexity index is 398. The Balaban J connectivity index is 2.41. The fraction of sp³-hybridized carbons (Fsp3) is 0.588. The van der Waals surface area contributed by atoms with Gasteiger partial charge < -0.3 is 10.1 Å². The molecule has 0 bridgehead atoms. The summed E-state index contributed by atoms with van der Waals surface area (Å²) in [6.07, 6.45) is 3.40. The van der Waals surface area contributed by atoms with Crippen LogP contribution in [0.5, 0.6) is 5.75 Å². The van der Waals surface area contributed by atoms with E-state index in [0.717, 1.165) is 24.5 Å². The first-order valence-electron chi connectivity index (χ1n) is 7.56. The maximum absolute atomic E-state index is 12.1. The van der Waals surface area contributed by atoms with Crippen molar-refractivity contribution in [2.24, 2.45) is 5.92 Å². The first-order chi connectivity index (χ1) is 9.52. The van der Waals surface area contributed by atoms with Gasteiger partial charge in [0.2, 0.25) is 0 Å². The van der Waals surface area contributed by atoms with Gasteiger partial charge in [0.1, 0.15) is 5.75 Å². The largest absolute Gasteiger partial charge is 0.494 e. The van der Waals surface area contributed by atoms with Crippen LogP contribution in [0.3, 0.4) is 0 Å². The van der Waals surface area contributed by atoms with E-state index in [2.05, 4.69) is 26.1 Å². The average Bonchev–Trinajstić information content (AvgIpc) is 2.39. The molecule has 0 radical (unpaired) electrons. The minimum absolute atomic E-state index is 0.00917. The Hall–Kier alpha value is -1.51. The van der Waals surface area contributed by atoms with Crippen molar-refractivity contribution < 1.29 is 9.53 Å². The molecule has 1 amide bonds. The average molecular weight is 277 g/mol. The van der Waals surface area contributed by atoms with E-state index in [1.807, 2.05) is 19.1 Å². The van der Waals surface area contributed by atoms with Gasteiger partial charge in [-0.3, -0.25) is 4.79 Å². The third-order valence-corrected chi connectivity index (χ3v) is 3.22. The molecule has 0 spiro atoms. The highest BCUT2D eigenvalue weighted by molar-refractivity contribution is 5.94. The van der Waals surface area contributed by atoms with Crippen LogP contribution in [-0.2, 0) is 0 Å². The molecule has 0 aliphatic carbocycles. The smallest absolute Gasteiger partial charge is 0.251 e. The van der Waals surface area contributed by atoms with E-state index in [0.29, 0.717) is 12.2 Å². The normalized spacial score (nSPS) is 12.2. The predicted molar refractivity (Wildman–Crippen MR) is 83.2 cm³/mol. The van der Waals surface area contributed by atoms with E-state index in [4.69, 9.17) is 4.74 Å². The molecule has 1 atom stereocenters. The number of amides is 1. The van der Waals surface area contributed by atoms with E-state index < -0.39 is 0 Å². The van der Waals surface area contributed by atoms with Gasteiger partial charge >= 0.3 is 0 Å². The van der Waals surface area contributed by atoms with Gasteiger partial charge in [-0.2, -0.15) is 0 Å². The zero-order valence-corrected chi connectivity index (χ0v) is 13.1. The fourth-order valence-corrected chi connectivity index (χ4v) is 2.08. The summed E-state index contributed by atoms with van der Waals surface area (Å²) in [7, 11) is 0. The molecule has 0 saturated heterocycles. The Labute approximate surface area is 122 Å². The number of carbonyl (C=O) groups is 1. The number of rotatable bonds is 8. The molecule has 112 valence electrons. The highest BCUT2D eigenvalue weighted by atomic mass is 16.5. The van der Waals surface area contributed by atoms with Crippen LogP contribution in [0.1, 0.15) is 57.3 Å². The molecule has 0 aliphatic heterocycles. The van der Waals surface area contributed by atoms with Crippen molar-refractivity contribution in [2.45, 2.75) is 53.0 Å². The summed E-state index contributed by atoms with van der Waals surface area (Å²) in [6.45, 7) is 9.09. The molecule has 0 aromatic heterocycles. The lowest BCUT2D eigenvalue weighted by Gasteiger charge is -2.14. The van der Waals surface area contributed by atoms with Crippen molar-refractivity contribution in [2.75, 3.05) is 6.61 Å². The second-order valence-corrected chi connectivity index (χ2v) is 5.66. The SMILES string of the molecule is CCOc1ccc(C(=O)N[C@@H](C)CCCC(C)C)cc1. The summed E-state index contributed by atoms with van der Waals surface area (Å²) in [5, 5.41) is 3.04. The van der Waals surface area contributed by atoms with Crippen LogP contribution in [0.25, 0.3) is 0 Å². The number of carbonyl (C=O) groups excluding carboxylic acids is 1. The van der Waals surface area contributed by atoms with E-state index >= 15 is 0 Å². The molecular formula is C17H27NO2. The maximum atomic E-state index is 12.1. The molecule has 20 heavy (non-hydrogen) atoms. The van der Waals surface area contributed by atoms with Crippen LogP contribution in [0, 0.1) is 5.92 Å². The van der Waals surface area contributed by atoms with Gasteiger partial charge in [-0.15, -0.1) is 0 Å². The molecule has 0 fully saturated rings. The van der Waals surface area contributed by atoms with Crippen molar-refractivity contribution in [3.05, 3.63) is 29.8 Å². The lowest BCUT2D eigenvalue weighted by molar-refractivity contribution is 0.0937. The van der Waals surface area contributed by atoms with Crippen LogP contribution >= 0.6 is 0 Å². The van der Waals surface area contributed by atoms with E-state index in [1.54, 1.807) is 12.1 Å².